The van der Waals surface area contributed by atoms with Crippen molar-refractivity contribution in [2.45, 2.75) is 11.6 Å². The molecule has 4 aromatic rings. The Morgan fingerprint density at radius 2 is 1.90 bits per heavy atom. The maximum atomic E-state index is 13.2. The number of nitrogens with one attached hydrogen (secondary N) is 1. The van der Waals surface area contributed by atoms with Crippen molar-refractivity contribution < 1.29 is 17.6 Å². The number of benzene rings is 1. The number of aromatic nitrogens is 3. The van der Waals surface area contributed by atoms with Gasteiger partial charge < -0.3 is 5.32 Å². The summed E-state index contributed by atoms with van der Waals surface area (Å²) in [6.07, 6.45) is 5.84. The van der Waals surface area contributed by atoms with Crippen molar-refractivity contribution in [2.75, 3.05) is 6.26 Å². The fourth-order valence-electron chi connectivity index (χ4n) is 3.07. The highest BCUT2D eigenvalue weighted by molar-refractivity contribution is 7.90. The Bertz CT molecular complexity index is 1350. The quantitative estimate of drug-likeness (QED) is 0.532. The van der Waals surface area contributed by atoms with Crippen LogP contribution >= 0.6 is 0 Å². The molecule has 0 spiro atoms. The monoisotopic (exact) mass is 424 g/mol. The van der Waals surface area contributed by atoms with E-state index in [9.17, 15) is 17.6 Å². The molecule has 0 saturated carbocycles. The Hall–Kier alpha value is -3.59. The van der Waals surface area contributed by atoms with E-state index in [2.05, 4.69) is 15.3 Å². The lowest BCUT2D eigenvalue weighted by Crippen LogP contribution is -2.23. The lowest BCUT2D eigenvalue weighted by Gasteiger charge is -2.08. The number of nitrogens with zero attached hydrogens (tertiary/aromatic N) is 3. The van der Waals surface area contributed by atoms with Gasteiger partial charge >= 0.3 is 0 Å². The number of halogens is 1. The largest absolute Gasteiger partial charge is 0.348 e. The van der Waals surface area contributed by atoms with Crippen LogP contribution in [0.15, 0.2) is 72.1 Å². The molecule has 1 amide bonds. The number of carbonyl (C=O) groups is 1. The molecule has 7 nitrogen and oxygen atoms in total. The summed E-state index contributed by atoms with van der Waals surface area (Å²) in [5.74, 6) is -0.0785. The molecule has 0 aliphatic rings. The van der Waals surface area contributed by atoms with Crippen molar-refractivity contribution in [3.05, 3.63) is 84.1 Å². The fourth-order valence-corrected chi connectivity index (χ4v) is 3.68. The van der Waals surface area contributed by atoms with Gasteiger partial charge in [0, 0.05) is 30.8 Å². The zero-order valence-corrected chi connectivity index (χ0v) is 16.7. The molecule has 0 bridgehead atoms. The predicted octanol–water partition coefficient (Wildman–Crippen LogP) is 2.87. The Morgan fingerprint density at radius 3 is 2.63 bits per heavy atom. The average molecular weight is 424 g/mol. The molecule has 3 aromatic heterocycles. The van der Waals surface area contributed by atoms with E-state index in [0.717, 1.165) is 11.8 Å². The molecule has 1 aromatic carbocycles. The van der Waals surface area contributed by atoms with E-state index in [1.165, 1.54) is 24.4 Å². The summed E-state index contributed by atoms with van der Waals surface area (Å²) in [5, 5.41) is 2.75. The van der Waals surface area contributed by atoms with Crippen LogP contribution in [0, 0.1) is 5.82 Å². The van der Waals surface area contributed by atoms with E-state index in [1.54, 1.807) is 47.1 Å². The first-order valence-electron chi connectivity index (χ1n) is 8.98. The molecule has 0 unspecified atom stereocenters. The number of fused-ring (bicyclic) bond motifs is 1. The SMILES string of the molecule is CS(=O)(=O)c1cc(CNC(=O)c2cccn3c(-c4ccc(F)cc4)ncc23)ccn1. The Morgan fingerprint density at radius 1 is 1.13 bits per heavy atom. The van der Waals surface area contributed by atoms with Crippen LogP contribution in [0.25, 0.3) is 16.9 Å². The molecule has 1 N–H and O–H groups in total. The highest BCUT2D eigenvalue weighted by Crippen LogP contribution is 2.22. The highest BCUT2D eigenvalue weighted by Gasteiger charge is 2.15. The van der Waals surface area contributed by atoms with Crippen LogP contribution in [0.4, 0.5) is 4.39 Å². The van der Waals surface area contributed by atoms with Crippen molar-refractivity contribution in [1.82, 2.24) is 19.7 Å². The first-order chi connectivity index (χ1) is 14.3. The predicted molar refractivity (Wildman–Crippen MR) is 109 cm³/mol. The summed E-state index contributed by atoms with van der Waals surface area (Å²) in [6.45, 7) is 0.143. The number of carbonyl (C=O) groups excluding carboxylic acids is 1. The minimum atomic E-state index is -3.43. The van der Waals surface area contributed by atoms with Gasteiger partial charge in [-0.3, -0.25) is 9.20 Å². The van der Waals surface area contributed by atoms with E-state index in [4.69, 9.17) is 0 Å². The number of rotatable bonds is 5. The van der Waals surface area contributed by atoms with Crippen LogP contribution in [0.2, 0.25) is 0 Å². The van der Waals surface area contributed by atoms with E-state index >= 15 is 0 Å². The summed E-state index contributed by atoms with van der Waals surface area (Å²) in [5.41, 5.74) is 2.35. The Balaban J connectivity index is 1.59. The van der Waals surface area contributed by atoms with Gasteiger partial charge in [-0.2, -0.15) is 0 Å². The van der Waals surface area contributed by atoms with Crippen molar-refractivity contribution in [1.29, 1.82) is 0 Å². The van der Waals surface area contributed by atoms with Crippen molar-refractivity contribution in [2.24, 2.45) is 0 Å². The second-order valence-electron chi connectivity index (χ2n) is 6.72. The van der Waals surface area contributed by atoms with Gasteiger partial charge in [-0.05, 0) is 54.1 Å². The van der Waals surface area contributed by atoms with Gasteiger partial charge in [0.15, 0.2) is 14.9 Å². The molecule has 152 valence electrons. The maximum absolute atomic E-state index is 13.2. The van der Waals surface area contributed by atoms with Gasteiger partial charge in [-0.25, -0.2) is 22.8 Å². The number of pyridine rings is 2. The standard InChI is InChI=1S/C21H17FN4O3S/c1-30(28,29)19-11-14(8-9-23-19)12-25-21(27)17-3-2-10-26-18(17)13-24-20(26)15-4-6-16(22)7-5-15/h2-11,13H,12H2,1H3,(H,25,27). The van der Waals surface area contributed by atoms with Crippen molar-refractivity contribution in [3.8, 4) is 11.4 Å². The van der Waals surface area contributed by atoms with Crippen molar-refractivity contribution >= 4 is 21.3 Å². The topological polar surface area (TPSA) is 93.4 Å². The minimum absolute atomic E-state index is 0.0453. The van der Waals surface area contributed by atoms with Crippen LogP contribution in [-0.4, -0.2) is 34.9 Å². The van der Waals surface area contributed by atoms with E-state index in [1.807, 2.05) is 0 Å². The smallest absolute Gasteiger partial charge is 0.253 e. The molecule has 4 rings (SSSR count). The molecule has 0 radical (unpaired) electrons. The lowest BCUT2D eigenvalue weighted by molar-refractivity contribution is 0.0952. The van der Waals surface area contributed by atoms with Gasteiger partial charge in [0.25, 0.3) is 5.91 Å². The third-order valence-electron chi connectivity index (χ3n) is 4.55. The molecule has 0 atom stereocenters. The minimum Gasteiger partial charge on any atom is -0.348 e. The summed E-state index contributed by atoms with van der Waals surface area (Å²) in [4.78, 5) is 21.0. The number of imidazole rings is 1. The maximum Gasteiger partial charge on any atom is 0.253 e. The van der Waals surface area contributed by atoms with Crippen LogP contribution in [0.3, 0.4) is 0 Å². The van der Waals surface area contributed by atoms with Crippen LogP contribution in [-0.2, 0) is 16.4 Å². The van der Waals surface area contributed by atoms with E-state index in [-0.39, 0.29) is 23.3 Å². The van der Waals surface area contributed by atoms with Crippen LogP contribution in [0.5, 0.6) is 0 Å². The number of hydrogen-bond donors (Lipinski definition) is 1. The molecular weight excluding hydrogens is 407 g/mol. The summed E-state index contributed by atoms with van der Waals surface area (Å²) < 4.78 is 38.3. The van der Waals surface area contributed by atoms with Gasteiger partial charge in [0.1, 0.15) is 11.6 Å². The molecule has 0 saturated heterocycles. The second-order valence-corrected chi connectivity index (χ2v) is 8.69. The zero-order chi connectivity index (χ0) is 21.3. The average Bonchev–Trinajstić information content (AvgIpc) is 3.16. The Kier molecular flexibility index (Phi) is 5.04. The third kappa shape index (κ3) is 3.92. The normalized spacial score (nSPS) is 11.5. The molecule has 9 heteroatoms. The Labute approximate surface area is 172 Å². The third-order valence-corrected chi connectivity index (χ3v) is 5.53. The number of hydrogen-bond acceptors (Lipinski definition) is 5. The van der Waals surface area contributed by atoms with Gasteiger partial charge in [0.2, 0.25) is 0 Å². The number of sulfone groups is 1. The fraction of sp³-hybridized carbons (Fsp3) is 0.0952. The first-order valence-corrected chi connectivity index (χ1v) is 10.9. The van der Waals surface area contributed by atoms with Crippen LogP contribution < -0.4 is 5.32 Å². The van der Waals surface area contributed by atoms with Gasteiger partial charge in [0.05, 0.1) is 17.3 Å². The van der Waals surface area contributed by atoms with Crippen LogP contribution in [0.1, 0.15) is 15.9 Å². The summed E-state index contributed by atoms with van der Waals surface area (Å²) >= 11 is 0. The molecule has 0 aliphatic carbocycles. The first kappa shape index (κ1) is 19.7. The van der Waals surface area contributed by atoms with Gasteiger partial charge in [-0.1, -0.05) is 0 Å². The van der Waals surface area contributed by atoms with E-state index in [0.29, 0.717) is 22.5 Å². The summed E-state index contributed by atoms with van der Waals surface area (Å²) in [6, 6.07) is 12.4. The molecule has 0 aliphatic heterocycles. The molecule has 0 fully saturated rings. The zero-order valence-electron chi connectivity index (χ0n) is 15.9. The van der Waals surface area contributed by atoms with E-state index < -0.39 is 9.84 Å². The van der Waals surface area contributed by atoms with Gasteiger partial charge in [-0.15, -0.1) is 0 Å². The van der Waals surface area contributed by atoms with Crippen molar-refractivity contribution in [3.63, 3.8) is 0 Å². The highest BCUT2D eigenvalue weighted by atomic mass is 32.2. The summed E-state index contributed by atoms with van der Waals surface area (Å²) in [7, 11) is -3.43. The number of amides is 1. The molecular formula is C21H17FN4O3S. The lowest BCUT2D eigenvalue weighted by atomic mass is 10.2. The molecule has 3 heterocycles. The molecule has 30 heavy (non-hydrogen) atoms. The second kappa shape index (κ2) is 7.68.